The molecule has 0 bridgehead atoms. The molecule has 26 heavy (non-hydrogen) atoms. The number of thiazole rings is 1. The van der Waals surface area contributed by atoms with E-state index in [2.05, 4.69) is 33.1 Å². The molecule has 0 radical (unpaired) electrons. The summed E-state index contributed by atoms with van der Waals surface area (Å²) in [6.45, 7) is 0.840. The number of anilines is 1. The summed E-state index contributed by atoms with van der Waals surface area (Å²) in [5.74, 6) is 0.274. The van der Waals surface area contributed by atoms with Gasteiger partial charge in [0.25, 0.3) is 0 Å². The highest BCUT2D eigenvalue weighted by molar-refractivity contribution is 7.22. The Bertz CT molecular complexity index is 976. The summed E-state index contributed by atoms with van der Waals surface area (Å²) in [4.78, 5) is 23.8. The van der Waals surface area contributed by atoms with Gasteiger partial charge in [-0.1, -0.05) is 41.7 Å². The highest BCUT2D eigenvalue weighted by atomic mass is 32.1. The van der Waals surface area contributed by atoms with Gasteiger partial charge >= 0.3 is 0 Å². The van der Waals surface area contributed by atoms with E-state index in [1.165, 1.54) is 23.1 Å². The minimum Gasteiger partial charge on any atom is -0.338 e. The van der Waals surface area contributed by atoms with E-state index in [1.807, 2.05) is 24.3 Å². The van der Waals surface area contributed by atoms with Crippen LogP contribution in [0.1, 0.15) is 30.4 Å². The number of hydrogen-bond acceptors (Lipinski definition) is 6. The number of rotatable bonds is 5. The van der Waals surface area contributed by atoms with Crippen LogP contribution in [0.3, 0.4) is 0 Å². The van der Waals surface area contributed by atoms with Crippen molar-refractivity contribution in [3.05, 3.63) is 53.7 Å². The minimum absolute atomic E-state index is 0.102. The Morgan fingerprint density at radius 1 is 1.35 bits per heavy atom. The predicted molar refractivity (Wildman–Crippen MR) is 102 cm³/mol. The molecule has 0 saturated carbocycles. The van der Waals surface area contributed by atoms with Gasteiger partial charge in [-0.25, -0.2) is 4.98 Å². The van der Waals surface area contributed by atoms with E-state index >= 15 is 0 Å². The number of fused-ring (bicyclic) bond motifs is 1. The second-order valence-electron chi connectivity index (χ2n) is 6.46. The van der Waals surface area contributed by atoms with Crippen molar-refractivity contribution in [3.63, 3.8) is 0 Å². The summed E-state index contributed by atoms with van der Waals surface area (Å²) in [6.07, 6.45) is 4.73. The predicted octanol–water partition coefficient (Wildman–Crippen LogP) is 3.73. The average Bonchev–Trinajstić information content (AvgIpc) is 3.32. The number of ketones is 1. The first-order valence-corrected chi connectivity index (χ1v) is 9.56. The summed E-state index contributed by atoms with van der Waals surface area (Å²) in [5.41, 5.74) is 2.37. The number of hydrogen-bond donors (Lipinski definition) is 0. The van der Waals surface area contributed by atoms with Crippen LogP contribution >= 0.6 is 11.3 Å². The van der Waals surface area contributed by atoms with Gasteiger partial charge in [-0.05, 0) is 30.9 Å². The van der Waals surface area contributed by atoms with Crippen LogP contribution in [-0.2, 0) is 11.2 Å². The monoisotopic (exact) mass is 362 g/mol. The number of pyridine rings is 1. The third-order valence-corrected chi connectivity index (χ3v) is 5.77. The molecule has 5 nitrogen and oxygen atoms in total. The zero-order valence-corrected chi connectivity index (χ0v) is 15.1. The first-order chi connectivity index (χ1) is 12.7. The average molecular weight is 362 g/mol. The fourth-order valence-electron chi connectivity index (χ4n) is 3.40. The summed E-state index contributed by atoms with van der Waals surface area (Å²) in [7, 11) is 0. The van der Waals surface area contributed by atoms with E-state index in [9.17, 15) is 4.79 Å². The van der Waals surface area contributed by atoms with E-state index < -0.39 is 0 Å². The molecule has 6 heteroatoms. The Morgan fingerprint density at radius 2 is 2.19 bits per heavy atom. The number of nitriles is 1. The quantitative estimate of drug-likeness (QED) is 0.691. The smallest absolute Gasteiger partial charge is 0.188 e. The van der Waals surface area contributed by atoms with Crippen LogP contribution in [0.5, 0.6) is 0 Å². The maximum absolute atomic E-state index is 12.8. The molecule has 0 unspecified atom stereocenters. The molecule has 1 saturated heterocycles. The van der Waals surface area contributed by atoms with Crippen LogP contribution < -0.4 is 4.90 Å². The molecule has 1 fully saturated rings. The first-order valence-electron chi connectivity index (χ1n) is 8.74. The third-order valence-electron chi connectivity index (χ3n) is 4.74. The molecule has 130 valence electrons. The molecule has 3 heterocycles. The minimum atomic E-state index is -0.102. The van der Waals surface area contributed by atoms with Gasteiger partial charge in [0.05, 0.1) is 16.3 Å². The molecule has 1 atom stereocenters. The molecule has 0 spiro atoms. The molecule has 0 aliphatic carbocycles. The number of aromatic nitrogens is 2. The second kappa shape index (κ2) is 7.22. The third kappa shape index (κ3) is 3.31. The largest absolute Gasteiger partial charge is 0.338 e. The Labute approximate surface area is 155 Å². The van der Waals surface area contributed by atoms with Crippen LogP contribution in [0, 0.1) is 11.3 Å². The Morgan fingerprint density at radius 3 is 3.00 bits per heavy atom. The molecule has 1 aliphatic heterocycles. The van der Waals surface area contributed by atoms with Gasteiger partial charge in [-0.15, -0.1) is 0 Å². The van der Waals surface area contributed by atoms with Crippen molar-refractivity contribution in [2.75, 3.05) is 11.4 Å². The number of carbonyl (C=O) groups is 1. The lowest BCUT2D eigenvalue weighted by Crippen LogP contribution is -2.36. The van der Waals surface area contributed by atoms with Gasteiger partial charge in [0, 0.05) is 19.2 Å². The van der Waals surface area contributed by atoms with E-state index in [0.29, 0.717) is 17.6 Å². The van der Waals surface area contributed by atoms with E-state index in [4.69, 9.17) is 5.26 Å². The topological polar surface area (TPSA) is 69.9 Å². The van der Waals surface area contributed by atoms with Gasteiger partial charge < -0.3 is 4.90 Å². The van der Waals surface area contributed by atoms with E-state index in [-0.39, 0.29) is 11.8 Å². The van der Waals surface area contributed by atoms with Gasteiger partial charge in [-0.2, -0.15) is 10.2 Å². The lowest BCUT2D eigenvalue weighted by molar-refractivity contribution is -0.120. The van der Waals surface area contributed by atoms with Crippen LogP contribution in [0.25, 0.3) is 10.3 Å². The SMILES string of the molecule is N#Cc1cnc2nc(N3CCC[C@@H]3C(=O)CCc3ccccc3)sc2c1. The normalized spacial score (nSPS) is 16.7. The number of Topliss-reactive ketones (excluding diaryl/α,β-unsaturated/α-hetero) is 1. The van der Waals surface area contributed by atoms with Crippen molar-refractivity contribution in [2.24, 2.45) is 0 Å². The highest BCUT2D eigenvalue weighted by Gasteiger charge is 2.32. The van der Waals surface area contributed by atoms with E-state index in [0.717, 1.165) is 35.6 Å². The van der Waals surface area contributed by atoms with Gasteiger partial charge in [0.1, 0.15) is 6.07 Å². The zero-order valence-electron chi connectivity index (χ0n) is 14.3. The molecular weight excluding hydrogens is 344 g/mol. The van der Waals surface area contributed by atoms with Crippen molar-refractivity contribution in [1.82, 2.24) is 9.97 Å². The number of nitrogens with zero attached hydrogens (tertiary/aromatic N) is 4. The van der Waals surface area contributed by atoms with Gasteiger partial charge in [0.2, 0.25) is 0 Å². The maximum Gasteiger partial charge on any atom is 0.188 e. The van der Waals surface area contributed by atoms with Crippen molar-refractivity contribution in [2.45, 2.75) is 31.7 Å². The Hall–Kier alpha value is -2.78. The van der Waals surface area contributed by atoms with Crippen molar-refractivity contribution in [1.29, 1.82) is 5.26 Å². The fourth-order valence-corrected chi connectivity index (χ4v) is 4.44. The van der Waals surface area contributed by atoms with Crippen molar-refractivity contribution in [3.8, 4) is 6.07 Å². The van der Waals surface area contributed by atoms with Gasteiger partial charge in [0.15, 0.2) is 16.6 Å². The maximum atomic E-state index is 12.8. The molecule has 0 N–H and O–H groups in total. The summed E-state index contributed by atoms with van der Waals surface area (Å²) < 4.78 is 0.890. The van der Waals surface area contributed by atoms with Crippen LogP contribution in [0.4, 0.5) is 5.13 Å². The summed E-state index contributed by atoms with van der Waals surface area (Å²) in [5, 5.41) is 9.85. The number of benzene rings is 1. The van der Waals surface area contributed by atoms with Gasteiger partial charge in [-0.3, -0.25) is 4.79 Å². The van der Waals surface area contributed by atoms with Crippen LogP contribution in [-0.4, -0.2) is 28.3 Å². The van der Waals surface area contributed by atoms with Crippen LogP contribution in [0.2, 0.25) is 0 Å². The molecule has 4 rings (SSSR count). The standard InChI is InChI=1S/C20H18N4OS/c21-12-15-11-18-19(22-13-15)23-20(26-18)24-10-4-7-16(24)17(25)9-8-14-5-2-1-3-6-14/h1-3,5-6,11,13,16H,4,7-10H2/t16-/m1/s1. The lowest BCUT2D eigenvalue weighted by atomic mass is 10.0. The molecule has 0 amide bonds. The molecule has 1 aromatic carbocycles. The second-order valence-corrected chi connectivity index (χ2v) is 7.47. The summed E-state index contributed by atoms with van der Waals surface area (Å²) in [6, 6.07) is 13.9. The first kappa shape index (κ1) is 16.7. The fraction of sp³-hybridized carbons (Fsp3) is 0.300. The Balaban J connectivity index is 1.51. The summed E-state index contributed by atoms with van der Waals surface area (Å²) >= 11 is 1.51. The van der Waals surface area contributed by atoms with Crippen molar-refractivity contribution < 1.29 is 4.79 Å². The highest BCUT2D eigenvalue weighted by Crippen LogP contribution is 2.33. The van der Waals surface area contributed by atoms with E-state index in [1.54, 1.807) is 0 Å². The zero-order chi connectivity index (χ0) is 17.9. The number of aryl methyl sites for hydroxylation is 1. The number of carbonyl (C=O) groups excluding carboxylic acids is 1. The molecule has 3 aromatic rings. The molecule has 1 aliphatic rings. The molecular formula is C20H18N4OS. The van der Waals surface area contributed by atoms with Crippen LogP contribution in [0.15, 0.2) is 42.6 Å². The van der Waals surface area contributed by atoms with Crippen molar-refractivity contribution >= 4 is 32.6 Å². The molecule has 2 aromatic heterocycles. The lowest BCUT2D eigenvalue weighted by Gasteiger charge is -2.22. The Kier molecular flexibility index (Phi) is 4.63.